The average Bonchev–Trinajstić information content (AvgIpc) is 2.38. The molecule has 1 amide bonds. The fraction of sp³-hybridized carbons (Fsp3) is 0.462. The predicted molar refractivity (Wildman–Crippen MR) is 67.9 cm³/mol. The number of ether oxygens (including phenoxy) is 1. The molecular weight excluding hydrogens is 234 g/mol. The number of aliphatic hydroxyl groups excluding tert-OH is 1. The number of carbonyl (C=O) groups excluding carboxylic acids is 1. The van der Waals surface area contributed by atoms with Gasteiger partial charge < -0.3 is 20.3 Å². The largest absolute Gasteiger partial charge is 0.504 e. The van der Waals surface area contributed by atoms with E-state index in [1.165, 1.54) is 13.2 Å². The first-order valence-electron chi connectivity index (χ1n) is 5.95. The number of aliphatic hydroxyl groups is 1. The van der Waals surface area contributed by atoms with Crippen LogP contribution >= 0.6 is 0 Å². The molecule has 0 atom stereocenters. The Kier molecular flexibility index (Phi) is 6.00. The molecule has 0 aromatic heterocycles. The third-order valence-electron chi connectivity index (χ3n) is 2.56. The molecular formula is C13H19NO4. The molecule has 0 saturated heterocycles. The number of rotatable bonds is 7. The number of unbranched alkanes of at least 4 members (excludes halogenated alkanes) is 2. The highest BCUT2D eigenvalue weighted by Gasteiger charge is 2.08. The molecule has 1 aromatic carbocycles. The Morgan fingerprint density at radius 3 is 2.72 bits per heavy atom. The van der Waals surface area contributed by atoms with E-state index >= 15 is 0 Å². The first-order chi connectivity index (χ1) is 8.69. The quantitative estimate of drug-likeness (QED) is 0.640. The maximum Gasteiger partial charge on any atom is 0.251 e. The molecule has 1 rings (SSSR count). The summed E-state index contributed by atoms with van der Waals surface area (Å²) in [5, 5.41) is 20.9. The van der Waals surface area contributed by atoms with Crippen molar-refractivity contribution in [1.29, 1.82) is 0 Å². The van der Waals surface area contributed by atoms with Crippen LogP contribution in [0.15, 0.2) is 18.2 Å². The second-order valence-electron chi connectivity index (χ2n) is 3.93. The molecule has 0 bridgehead atoms. The monoisotopic (exact) mass is 253 g/mol. The molecule has 3 N–H and O–H groups in total. The van der Waals surface area contributed by atoms with E-state index in [0.29, 0.717) is 17.9 Å². The van der Waals surface area contributed by atoms with Crippen LogP contribution in [-0.2, 0) is 0 Å². The minimum Gasteiger partial charge on any atom is -0.504 e. The molecule has 5 nitrogen and oxygen atoms in total. The van der Waals surface area contributed by atoms with Gasteiger partial charge in [-0.25, -0.2) is 0 Å². The lowest BCUT2D eigenvalue weighted by molar-refractivity contribution is 0.0952. The molecule has 0 spiro atoms. The van der Waals surface area contributed by atoms with Gasteiger partial charge in [-0.1, -0.05) is 0 Å². The van der Waals surface area contributed by atoms with E-state index < -0.39 is 0 Å². The molecule has 18 heavy (non-hydrogen) atoms. The van der Waals surface area contributed by atoms with Crippen LogP contribution < -0.4 is 10.1 Å². The van der Waals surface area contributed by atoms with Crippen LogP contribution in [0.5, 0.6) is 11.5 Å². The third kappa shape index (κ3) is 4.25. The van der Waals surface area contributed by atoms with Crippen molar-refractivity contribution in [2.45, 2.75) is 19.3 Å². The summed E-state index contributed by atoms with van der Waals surface area (Å²) in [4.78, 5) is 11.7. The smallest absolute Gasteiger partial charge is 0.251 e. The van der Waals surface area contributed by atoms with Gasteiger partial charge in [-0.15, -0.1) is 0 Å². The zero-order chi connectivity index (χ0) is 13.4. The fourth-order valence-electron chi connectivity index (χ4n) is 1.55. The van der Waals surface area contributed by atoms with Crippen molar-refractivity contribution >= 4 is 5.91 Å². The van der Waals surface area contributed by atoms with E-state index in [9.17, 15) is 9.90 Å². The number of benzene rings is 1. The normalized spacial score (nSPS) is 10.1. The van der Waals surface area contributed by atoms with Gasteiger partial charge in [0.2, 0.25) is 0 Å². The van der Waals surface area contributed by atoms with Crippen molar-refractivity contribution in [2.24, 2.45) is 0 Å². The highest BCUT2D eigenvalue weighted by atomic mass is 16.5. The van der Waals surface area contributed by atoms with Crippen LogP contribution in [-0.4, -0.2) is 36.4 Å². The summed E-state index contributed by atoms with van der Waals surface area (Å²) < 4.78 is 4.90. The van der Waals surface area contributed by atoms with Crippen LogP contribution in [0.4, 0.5) is 0 Å². The van der Waals surface area contributed by atoms with Crippen LogP contribution in [0, 0.1) is 0 Å². The maximum atomic E-state index is 11.7. The topological polar surface area (TPSA) is 78.8 Å². The number of hydrogen-bond donors (Lipinski definition) is 3. The van der Waals surface area contributed by atoms with Crippen LogP contribution in [0.1, 0.15) is 29.6 Å². The standard InChI is InChI=1S/C13H19NO4/c1-18-12-6-5-10(9-11(12)16)13(17)14-7-3-2-4-8-15/h5-6,9,15-16H,2-4,7-8H2,1H3,(H,14,17). The Morgan fingerprint density at radius 2 is 2.11 bits per heavy atom. The predicted octanol–water partition coefficient (Wildman–Crippen LogP) is 1.29. The molecule has 0 heterocycles. The zero-order valence-electron chi connectivity index (χ0n) is 10.5. The minimum absolute atomic E-state index is 0.0505. The summed E-state index contributed by atoms with van der Waals surface area (Å²) in [5.41, 5.74) is 0.399. The van der Waals surface area contributed by atoms with Gasteiger partial charge in [0.1, 0.15) is 0 Å². The average molecular weight is 253 g/mol. The summed E-state index contributed by atoms with van der Waals surface area (Å²) in [7, 11) is 1.45. The van der Waals surface area contributed by atoms with Crippen LogP contribution in [0.3, 0.4) is 0 Å². The molecule has 5 heteroatoms. The number of phenolic OH excluding ortho intramolecular Hbond substituents is 1. The first kappa shape index (κ1) is 14.3. The van der Waals surface area contributed by atoms with Crippen molar-refractivity contribution in [3.63, 3.8) is 0 Å². The van der Waals surface area contributed by atoms with Gasteiger partial charge in [-0.05, 0) is 37.5 Å². The Labute approximate surface area is 106 Å². The van der Waals surface area contributed by atoms with Crippen molar-refractivity contribution in [3.05, 3.63) is 23.8 Å². The summed E-state index contributed by atoms with van der Waals surface area (Å²) in [6, 6.07) is 4.53. The Balaban J connectivity index is 2.44. The minimum atomic E-state index is -0.225. The molecule has 0 fully saturated rings. The van der Waals surface area contributed by atoms with Gasteiger partial charge in [-0.2, -0.15) is 0 Å². The summed E-state index contributed by atoms with van der Waals surface area (Å²) in [6.07, 6.45) is 2.46. The van der Waals surface area contributed by atoms with E-state index in [1.54, 1.807) is 12.1 Å². The number of nitrogens with one attached hydrogen (secondary N) is 1. The second kappa shape index (κ2) is 7.55. The maximum absolute atomic E-state index is 11.7. The fourth-order valence-corrected chi connectivity index (χ4v) is 1.55. The van der Waals surface area contributed by atoms with Gasteiger partial charge in [0, 0.05) is 18.7 Å². The first-order valence-corrected chi connectivity index (χ1v) is 5.95. The molecule has 0 unspecified atom stereocenters. The zero-order valence-corrected chi connectivity index (χ0v) is 10.5. The Bertz CT molecular complexity index is 393. The molecule has 0 saturated carbocycles. The Hall–Kier alpha value is -1.75. The summed E-state index contributed by atoms with van der Waals surface area (Å²) in [6.45, 7) is 0.742. The van der Waals surface area contributed by atoms with Crippen LogP contribution in [0.2, 0.25) is 0 Å². The number of hydrogen-bond acceptors (Lipinski definition) is 4. The summed E-state index contributed by atoms with van der Waals surface area (Å²) in [5.74, 6) is 0.0666. The molecule has 1 aromatic rings. The van der Waals surface area contributed by atoms with Crippen molar-refractivity contribution < 1.29 is 19.7 Å². The number of carbonyl (C=O) groups is 1. The van der Waals surface area contributed by atoms with E-state index in [-0.39, 0.29) is 18.3 Å². The third-order valence-corrected chi connectivity index (χ3v) is 2.56. The molecule has 0 aliphatic heterocycles. The van der Waals surface area contributed by atoms with E-state index in [1.807, 2.05) is 0 Å². The van der Waals surface area contributed by atoms with E-state index in [0.717, 1.165) is 19.3 Å². The molecule has 0 aliphatic carbocycles. The van der Waals surface area contributed by atoms with Gasteiger partial charge in [0.25, 0.3) is 5.91 Å². The summed E-state index contributed by atoms with van der Waals surface area (Å²) >= 11 is 0. The van der Waals surface area contributed by atoms with Crippen molar-refractivity contribution in [3.8, 4) is 11.5 Å². The Morgan fingerprint density at radius 1 is 1.33 bits per heavy atom. The van der Waals surface area contributed by atoms with E-state index in [2.05, 4.69) is 5.32 Å². The lowest BCUT2D eigenvalue weighted by Crippen LogP contribution is -2.24. The lowest BCUT2D eigenvalue weighted by atomic mass is 10.2. The number of phenols is 1. The number of aromatic hydroxyl groups is 1. The van der Waals surface area contributed by atoms with E-state index in [4.69, 9.17) is 9.84 Å². The second-order valence-corrected chi connectivity index (χ2v) is 3.93. The lowest BCUT2D eigenvalue weighted by Gasteiger charge is -2.07. The molecule has 0 aliphatic rings. The molecule has 0 radical (unpaired) electrons. The van der Waals surface area contributed by atoms with Gasteiger partial charge in [0.05, 0.1) is 7.11 Å². The number of amides is 1. The van der Waals surface area contributed by atoms with Crippen molar-refractivity contribution in [1.82, 2.24) is 5.32 Å². The van der Waals surface area contributed by atoms with Crippen LogP contribution in [0.25, 0.3) is 0 Å². The highest BCUT2D eigenvalue weighted by molar-refractivity contribution is 5.94. The number of methoxy groups -OCH3 is 1. The van der Waals surface area contributed by atoms with Gasteiger partial charge in [0.15, 0.2) is 11.5 Å². The SMILES string of the molecule is COc1ccc(C(=O)NCCCCCO)cc1O. The molecule has 100 valence electrons. The van der Waals surface area contributed by atoms with Gasteiger partial charge in [-0.3, -0.25) is 4.79 Å². The highest BCUT2D eigenvalue weighted by Crippen LogP contribution is 2.25. The van der Waals surface area contributed by atoms with Crippen molar-refractivity contribution in [2.75, 3.05) is 20.3 Å². The van der Waals surface area contributed by atoms with Gasteiger partial charge >= 0.3 is 0 Å².